The molecule has 2 rings (SSSR count). The molecule has 7 heteroatoms. The number of carbonyl (C=O) groups excluding carboxylic acids is 1. The number of para-hydroxylation sites is 1. The highest BCUT2D eigenvalue weighted by Gasteiger charge is 2.13. The SMILES string of the molecule is COc1ccccc1C(=O)Nc1ccc([N+](=O)[O-])cn1. The van der Waals surface area contributed by atoms with Crippen LogP contribution in [0.15, 0.2) is 42.6 Å². The highest BCUT2D eigenvalue weighted by Crippen LogP contribution is 2.19. The van der Waals surface area contributed by atoms with E-state index < -0.39 is 10.8 Å². The summed E-state index contributed by atoms with van der Waals surface area (Å²) in [5.74, 6) is 0.266. The van der Waals surface area contributed by atoms with Gasteiger partial charge in [-0.2, -0.15) is 0 Å². The molecule has 0 saturated heterocycles. The molecule has 2 aromatic rings. The van der Waals surface area contributed by atoms with E-state index in [1.807, 2.05) is 0 Å². The Kier molecular flexibility index (Phi) is 3.90. The zero-order valence-corrected chi connectivity index (χ0v) is 10.6. The van der Waals surface area contributed by atoms with Crippen molar-refractivity contribution in [2.24, 2.45) is 0 Å². The van der Waals surface area contributed by atoms with E-state index in [4.69, 9.17) is 4.74 Å². The zero-order chi connectivity index (χ0) is 14.5. The van der Waals surface area contributed by atoms with Crippen LogP contribution in [0.1, 0.15) is 10.4 Å². The van der Waals surface area contributed by atoms with Gasteiger partial charge in [0.15, 0.2) is 0 Å². The van der Waals surface area contributed by atoms with Gasteiger partial charge in [0.05, 0.1) is 17.6 Å². The molecule has 20 heavy (non-hydrogen) atoms. The van der Waals surface area contributed by atoms with E-state index in [-0.39, 0.29) is 11.5 Å². The van der Waals surface area contributed by atoms with E-state index >= 15 is 0 Å². The molecule has 102 valence electrons. The first-order chi connectivity index (χ1) is 9.61. The van der Waals surface area contributed by atoms with Crippen LogP contribution >= 0.6 is 0 Å². The van der Waals surface area contributed by atoms with Crippen LogP contribution in [0, 0.1) is 10.1 Å². The first-order valence-corrected chi connectivity index (χ1v) is 5.66. The van der Waals surface area contributed by atoms with Gasteiger partial charge in [-0.15, -0.1) is 0 Å². The Labute approximate surface area is 114 Å². The third-order valence-corrected chi connectivity index (χ3v) is 2.55. The predicted molar refractivity (Wildman–Crippen MR) is 71.8 cm³/mol. The van der Waals surface area contributed by atoms with Gasteiger partial charge >= 0.3 is 0 Å². The van der Waals surface area contributed by atoms with Gasteiger partial charge in [0.1, 0.15) is 17.8 Å². The minimum Gasteiger partial charge on any atom is -0.496 e. The summed E-state index contributed by atoms with van der Waals surface area (Å²) in [5, 5.41) is 13.0. The lowest BCUT2D eigenvalue weighted by Gasteiger charge is -2.08. The van der Waals surface area contributed by atoms with Crippen LogP contribution in [-0.4, -0.2) is 22.9 Å². The first kappa shape index (κ1) is 13.5. The van der Waals surface area contributed by atoms with Crippen molar-refractivity contribution in [3.63, 3.8) is 0 Å². The van der Waals surface area contributed by atoms with Crippen LogP contribution in [0.3, 0.4) is 0 Å². The average Bonchev–Trinajstić information content (AvgIpc) is 2.47. The molecule has 7 nitrogen and oxygen atoms in total. The van der Waals surface area contributed by atoms with Crippen molar-refractivity contribution in [1.29, 1.82) is 0 Å². The van der Waals surface area contributed by atoms with E-state index in [0.717, 1.165) is 6.20 Å². The van der Waals surface area contributed by atoms with Crippen LogP contribution in [0.5, 0.6) is 5.75 Å². The number of aromatic nitrogens is 1. The summed E-state index contributed by atoms with van der Waals surface area (Å²) in [6.45, 7) is 0. The monoisotopic (exact) mass is 273 g/mol. The Morgan fingerprint density at radius 3 is 2.65 bits per heavy atom. The third kappa shape index (κ3) is 2.89. The van der Waals surface area contributed by atoms with Gasteiger partial charge in [0, 0.05) is 6.07 Å². The Balaban J connectivity index is 2.17. The lowest BCUT2D eigenvalue weighted by Crippen LogP contribution is -2.14. The second kappa shape index (κ2) is 5.79. The molecule has 0 radical (unpaired) electrons. The molecule has 0 bridgehead atoms. The fourth-order valence-electron chi connectivity index (χ4n) is 1.58. The Hall–Kier alpha value is -2.96. The Morgan fingerprint density at radius 1 is 1.30 bits per heavy atom. The molecule has 0 fully saturated rings. The molecule has 1 aromatic carbocycles. The van der Waals surface area contributed by atoms with Crippen molar-refractivity contribution in [1.82, 2.24) is 4.98 Å². The highest BCUT2D eigenvalue weighted by molar-refractivity contribution is 6.05. The number of hydrogen-bond acceptors (Lipinski definition) is 5. The smallest absolute Gasteiger partial charge is 0.287 e. The zero-order valence-electron chi connectivity index (χ0n) is 10.6. The number of pyridine rings is 1. The summed E-state index contributed by atoms with van der Waals surface area (Å²) >= 11 is 0. The number of benzene rings is 1. The van der Waals surface area contributed by atoms with Gasteiger partial charge in [0.2, 0.25) is 0 Å². The maximum absolute atomic E-state index is 12.0. The number of nitro groups is 1. The Morgan fingerprint density at radius 2 is 2.05 bits per heavy atom. The van der Waals surface area contributed by atoms with Gasteiger partial charge < -0.3 is 10.1 Å². The van der Waals surface area contributed by atoms with Crippen LogP contribution in [-0.2, 0) is 0 Å². The molecule has 0 saturated carbocycles. The lowest BCUT2D eigenvalue weighted by molar-refractivity contribution is -0.385. The summed E-state index contributed by atoms with van der Waals surface area (Å²) in [4.78, 5) is 25.8. The van der Waals surface area contributed by atoms with Crippen molar-refractivity contribution in [3.05, 3.63) is 58.3 Å². The van der Waals surface area contributed by atoms with E-state index in [9.17, 15) is 14.9 Å². The molecular formula is C13H11N3O4. The molecule has 1 aromatic heterocycles. The van der Waals surface area contributed by atoms with Crippen LogP contribution in [0.25, 0.3) is 0 Å². The highest BCUT2D eigenvalue weighted by atomic mass is 16.6. The number of amides is 1. The van der Waals surface area contributed by atoms with Crippen molar-refractivity contribution in [2.45, 2.75) is 0 Å². The fraction of sp³-hybridized carbons (Fsp3) is 0.0769. The minimum atomic E-state index is -0.557. The maximum Gasteiger partial charge on any atom is 0.287 e. The molecule has 0 spiro atoms. The van der Waals surface area contributed by atoms with Gasteiger partial charge in [-0.1, -0.05) is 12.1 Å². The van der Waals surface area contributed by atoms with Gasteiger partial charge in [-0.25, -0.2) is 4.98 Å². The minimum absolute atomic E-state index is 0.139. The molecule has 0 aliphatic heterocycles. The quantitative estimate of drug-likeness (QED) is 0.681. The molecular weight excluding hydrogens is 262 g/mol. The van der Waals surface area contributed by atoms with E-state index in [0.29, 0.717) is 11.3 Å². The van der Waals surface area contributed by atoms with Crippen molar-refractivity contribution in [3.8, 4) is 5.75 Å². The normalized spacial score (nSPS) is 9.85. The maximum atomic E-state index is 12.0. The van der Waals surface area contributed by atoms with Crippen LogP contribution in [0.2, 0.25) is 0 Å². The molecule has 1 heterocycles. The van der Waals surface area contributed by atoms with Crippen molar-refractivity contribution in [2.75, 3.05) is 12.4 Å². The van der Waals surface area contributed by atoms with Gasteiger partial charge in [-0.05, 0) is 18.2 Å². The third-order valence-electron chi connectivity index (χ3n) is 2.55. The summed E-state index contributed by atoms with van der Waals surface area (Å²) in [6, 6.07) is 9.37. The summed E-state index contributed by atoms with van der Waals surface area (Å²) in [5.41, 5.74) is 0.218. The number of ether oxygens (including phenoxy) is 1. The predicted octanol–water partition coefficient (Wildman–Crippen LogP) is 2.25. The summed E-state index contributed by atoms with van der Waals surface area (Å²) < 4.78 is 5.08. The molecule has 0 atom stereocenters. The van der Waals surface area contributed by atoms with Crippen molar-refractivity contribution < 1.29 is 14.5 Å². The van der Waals surface area contributed by atoms with Crippen LogP contribution in [0.4, 0.5) is 11.5 Å². The number of nitrogens with one attached hydrogen (secondary N) is 1. The largest absolute Gasteiger partial charge is 0.496 e. The topological polar surface area (TPSA) is 94.4 Å². The second-order valence-electron chi connectivity index (χ2n) is 3.81. The molecule has 0 unspecified atom stereocenters. The van der Waals surface area contributed by atoms with E-state index in [1.165, 1.54) is 19.2 Å². The first-order valence-electron chi connectivity index (χ1n) is 5.66. The second-order valence-corrected chi connectivity index (χ2v) is 3.81. The molecule has 1 amide bonds. The fourth-order valence-corrected chi connectivity index (χ4v) is 1.58. The molecule has 1 N–H and O–H groups in total. The Bertz CT molecular complexity index is 640. The number of nitrogens with zero attached hydrogens (tertiary/aromatic N) is 2. The van der Waals surface area contributed by atoms with Gasteiger partial charge in [0.25, 0.3) is 11.6 Å². The molecule has 0 aliphatic carbocycles. The number of anilines is 1. The van der Waals surface area contributed by atoms with Crippen LogP contribution < -0.4 is 10.1 Å². The number of methoxy groups -OCH3 is 1. The standard InChI is InChI=1S/C13H11N3O4/c1-20-11-5-3-2-4-10(11)13(17)15-12-7-6-9(8-14-12)16(18)19/h2-8H,1H3,(H,14,15,17). The van der Waals surface area contributed by atoms with E-state index in [1.54, 1.807) is 24.3 Å². The van der Waals surface area contributed by atoms with E-state index in [2.05, 4.69) is 10.3 Å². The number of carbonyl (C=O) groups is 1. The molecule has 0 aliphatic rings. The summed E-state index contributed by atoms with van der Waals surface area (Å²) in [7, 11) is 1.47. The number of rotatable bonds is 4. The lowest BCUT2D eigenvalue weighted by atomic mass is 10.2. The average molecular weight is 273 g/mol. The summed E-state index contributed by atoms with van der Waals surface area (Å²) in [6.07, 6.45) is 1.08. The van der Waals surface area contributed by atoms with Gasteiger partial charge in [-0.3, -0.25) is 14.9 Å². The number of hydrogen-bond donors (Lipinski definition) is 1. The van der Waals surface area contributed by atoms with Crippen molar-refractivity contribution >= 4 is 17.4 Å².